The van der Waals surface area contributed by atoms with Crippen molar-refractivity contribution < 1.29 is 27.8 Å². The molecule has 0 amide bonds. The molecule has 2 atom stereocenters. The van der Waals surface area contributed by atoms with E-state index in [1.165, 1.54) is 12.1 Å². The minimum atomic E-state index is -2.87. The van der Waals surface area contributed by atoms with Crippen LogP contribution >= 0.6 is 0 Å². The van der Waals surface area contributed by atoms with Crippen molar-refractivity contribution in [3.63, 3.8) is 0 Å². The summed E-state index contributed by atoms with van der Waals surface area (Å²) in [7, 11) is 0. The highest BCUT2D eigenvalue weighted by molar-refractivity contribution is 5.95. The maximum atomic E-state index is 14.7. The molecule has 198 valence electrons. The van der Waals surface area contributed by atoms with E-state index in [0.717, 1.165) is 67.6 Å². The Bertz CT molecular complexity index is 1250. The number of anilines is 2. The Kier molecular flexibility index (Phi) is 8.45. The van der Waals surface area contributed by atoms with Gasteiger partial charge in [-0.25, -0.2) is 13.2 Å². The first-order chi connectivity index (χ1) is 17.8. The van der Waals surface area contributed by atoms with Crippen LogP contribution in [0.1, 0.15) is 36.2 Å². The Labute approximate surface area is 213 Å². The molecule has 37 heavy (non-hydrogen) atoms. The molecular weight excluding hydrogens is 487 g/mol. The van der Waals surface area contributed by atoms with Crippen LogP contribution in [0.2, 0.25) is 0 Å². The lowest BCUT2D eigenvalue weighted by Crippen LogP contribution is -2.58. The number of carboxylic acid groups (broad SMARTS) is 1. The van der Waals surface area contributed by atoms with Crippen LogP contribution in [0.15, 0.2) is 36.4 Å². The third kappa shape index (κ3) is 5.78. The highest BCUT2D eigenvalue weighted by Crippen LogP contribution is 2.33. The molecule has 1 aromatic heterocycles. The molecule has 0 aliphatic carbocycles. The lowest BCUT2D eigenvalue weighted by atomic mass is 10.0. The van der Waals surface area contributed by atoms with Crippen molar-refractivity contribution in [1.29, 1.82) is 0 Å². The molecule has 3 heterocycles. The van der Waals surface area contributed by atoms with E-state index in [1.54, 1.807) is 6.92 Å². The topological polar surface area (TPSA) is 90.8 Å². The van der Waals surface area contributed by atoms with Gasteiger partial charge in [0.05, 0.1) is 36.6 Å². The summed E-state index contributed by atoms with van der Waals surface area (Å²) in [5.41, 5.74) is 1.43. The average Bonchev–Trinajstić information content (AvgIpc) is 2.90. The van der Waals surface area contributed by atoms with Crippen molar-refractivity contribution in [2.24, 2.45) is 0 Å². The van der Waals surface area contributed by atoms with Gasteiger partial charge in [0.15, 0.2) is 5.82 Å². The molecule has 1 unspecified atom stereocenters. The number of halogens is 3. The van der Waals surface area contributed by atoms with Crippen LogP contribution in [0.4, 0.5) is 24.7 Å². The number of aromatic nitrogens is 2. The number of rotatable bonds is 5. The monoisotopic (exact) mass is 517 g/mol. The molecule has 2 aliphatic rings. The zero-order valence-electron chi connectivity index (χ0n) is 20.7. The molecule has 0 spiro atoms. The molecule has 0 radical (unpaired) electrons. The summed E-state index contributed by atoms with van der Waals surface area (Å²) in [5.74, 6) is -0.397. The maximum Gasteiger partial charge on any atom is 0.290 e. The van der Waals surface area contributed by atoms with Gasteiger partial charge in [0.1, 0.15) is 5.82 Å². The minimum Gasteiger partial charge on any atom is -0.483 e. The van der Waals surface area contributed by atoms with Crippen molar-refractivity contribution in [3.8, 4) is 0 Å². The Morgan fingerprint density at radius 2 is 1.89 bits per heavy atom. The van der Waals surface area contributed by atoms with Gasteiger partial charge in [0, 0.05) is 48.2 Å². The fourth-order valence-corrected chi connectivity index (χ4v) is 4.91. The van der Waals surface area contributed by atoms with Crippen LogP contribution in [0.3, 0.4) is 0 Å². The number of nitrogens with zero attached hydrogens (tertiary/aromatic N) is 4. The van der Waals surface area contributed by atoms with Crippen LogP contribution in [-0.2, 0) is 9.53 Å². The number of hydrogen-bond donors (Lipinski definition) is 2. The predicted octanol–water partition coefficient (Wildman–Crippen LogP) is 4.41. The number of benzene rings is 2. The van der Waals surface area contributed by atoms with Crippen molar-refractivity contribution in [3.05, 3.63) is 59.0 Å². The molecule has 2 N–H and O–H groups in total. The van der Waals surface area contributed by atoms with E-state index in [9.17, 15) is 13.2 Å². The van der Waals surface area contributed by atoms with Crippen molar-refractivity contribution >= 4 is 28.7 Å². The molecule has 0 saturated carbocycles. The summed E-state index contributed by atoms with van der Waals surface area (Å²) in [6, 6.07) is 10.1. The molecule has 2 saturated heterocycles. The molecule has 2 fully saturated rings. The quantitative estimate of drug-likeness (QED) is 0.481. The molecular formula is C26H30F3N5O3. The third-order valence-corrected chi connectivity index (χ3v) is 6.86. The van der Waals surface area contributed by atoms with Crippen molar-refractivity contribution in [2.45, 2.75) is 32.4 Å². The molecule has 2 aromatic carbocycles. The zero-order valence-corrected chi connectivity index (χ0v) is 20.7. The lowest BCUT2D eigenvalue weighted by Gasteiger charge is -2.44. The minimum absolute atomic E-state index is 0.165. The van der Waals surface area contributed by atoms with Crippen LogP contribution in [0.5, 0.6) is 0 Å². The van der Waals surface area contributed by atoms with Crippen molar-refractivity contribution in [1.82, 2.24) is 15.1 Å². The maximum absolute atomic E-state index is 14.7. The summed E-state index contributed by atoms with van der Waals surface area (Å²) in [6.45, 7) is 8.67. The Hall–Kier alpha value is -3.44. The van der Waals surface area contributed by atoms with E-state index in [2.05, 4.69) is 37.4 Å². The number of alkyl halides is 2. The second-order valence-corrected chi connectivity index (χ2v) is 9.10. The zero-order chi connectivity index (χ0) is 26.5. The molecule has 2 aliphatic heterocycles. The van der Waals surface area contributed by atoms with Gasteiger partial charge in [-0.15, -0.1) is 5.10 Å². The molecule has 11 heteroatoms. The largest absolute Gasteiger partial charge is 0.483 e. The number of morpholine rings is 1. The standard InChI is InChI=1S/C25H28F3N5O.CH2O2/c1-15(20-4-3-5-21(23(20)26)24(27)28)29-25-22-12-17(6-7-19(22)16(2)30-31-25)33-9-8-32-10-11-34-14-18(32)13-33;2-1-3/h3-7,12,15,18,24H,8-11,13-14H2,1-2H3,(H,29,31);1H,(H,2,3)/t15?,18-;/m0./s1. The predicted molar refractivity (Wildman–Crippen MR) is 135 cm³/mol. The summed E-state index contributed by atoms with van der Waals surface area (Å²) in [4.78, 5) is 13.2. The second-order valence-electron chi connectivity index (χ2n) is 9.10. The SMILES string of the molecule is Cc1nnc(NC(C)c2cccc(C(F)F)c2F)c2cc(N3CCN4CCOC[C@@H]4C3)ccc12.O=CO. The van der Waals surface area contributed by atoms with Crippen LogP contribution < -0.4 is 10.2 Å². The second kappa shape index (κ2) is 11.7. The summed E-state index contributed by atoms with van der Waals surface area (Å²) < 4.78 is 46.7. The number of carbonyl (C=O) groups is 1. The van der Waals surface area contributed by atoms with Crippen LogP contribution in [-0.4, -0.2) is 72.1 Å². The van der Waals surface area contributed by atoms with E-state index in [4.69, 9.17) is 14.6 Å². The van der Waals surface area contributed by atoms with Gasteiger partial charge >= 0.3 is 0 Å². The third-order valence-electron chi connectivity index (χ3n) is 6.86. The first-order valence-corrected chi connectivity index (χ1v) is 12.1. The number of nitrogens with one attached hydrogen (secondary N) is 1. The molecule has 5 rings (SSSR count). The Morgan fingerprint density at radius 1 is 1.14 bits per heavy atom. The highest BCUT2D eigenvalue weighted by atomic mass is 19.3. The van der Waals surface area contributed by atoms with Crippen molar-refractivity contribution in [2.75, 3.05) is 49.6 Å². The van der Waals surface area contributed by atoms with E-state index in [-0.39, 0.29) is 12.0 Å². The lowest BCUT2D eigenvalue weighted by molar-refractivity contribution is -0.122. The Balaban J connectivity index is 0.00000102. The summed E-state index contributed by atoms with van der Waals surface area (Å²) >= 11 is 0. The number of aryl methyl sites for hydroxylation is 1. The highest BCUT2D eigenvalue weighted by Gasteiger charge is 2.30. The fraction of sp³-hybridized carbons (Fsp3) is 0.423. The first-order valence-electron chi connectivity index (χ1n) is 12.1. The smallest absolute Gasteiger partial charge is 0.290 e. The van der Waals surface area contributed by atoms with Crippen LogP contribution in [0, 0.1) is 12.7 Å². The number of hydrogen-bond acceptors (Lipinski definition) is 7. The van der Waals surface area contributed by atoms with E-state index < -0.39 is 23.8 Å². The van der Waals surface area contributed by atoms with Gasteiger partial charge in [-0.05, 0) is 26.0 Å². The van der Waals surface area contributed by atoms with Crippen LogP contribution in [0.25, 0.3) is 10.8 Å². The number of ether oxygens (including phenoxy) is 1. The Morgan fingerprint density at radius 3 is 2.65 bits per heavy atom. The molecule has 0 bridgehead atoms. The van der Waals surface area contributed by atoms with Gasteiger partial charge < -0.3 is 20.1 Å². The van der Waals surface area contributed by atoms with E-state index >= 15 is 0 Å². The average molecular weight is 518 g/mol. The molecule has 8 nitrogen and oxygen atoms in total. The van der Waals surface area contributed by atoms with Gasteiger partial charge in [-0.3, -0.25) is 9.69 Å². The van der Waals surface area contributed by atoms with E-state index in [0.29, 0.717) is 11.9 Å². The first kappa shape index (κ1) is 26.6. The summed E-state index contributed by atoms with van der Waals surface area (Å²) in [6.07, 6.45) is -2.87. The summed E-state index contributed by atoms with van der Waals surface area (Å²) in [5, 5.41) is 20.5. The number of piperazine rings is 1. The van der Waals surface area contributed by atoms with Gasteiger partial charge in [-0.2, -0.15) is 5.10 Å². The van der Waals surface area contributed by atoms with E-state index in [1.807, 2.05) is 13.0 Å². The molecule has 3 aromatic rings. The van der Waals surface area contributed by atoms with Gasteiger partial charge in [0.25, 0.3) is 12.9 Å². The van der Waals surface area contributed by atoms with Gasteiger partial charge in [0.2, 0.25) is 0 Å². The van der Waals surface area contributed by atoms with Gasteiger partial charge in [-0.1, -0.05) is 24.3 Å². The fourth-order valence-electron chi connectivity index (χ4n) is 4.91. The normalized spacial score (nSPS) is 18.6. The number of fused-ring (bicyclic) bond motifs is 2.